The minimum atomic E-state index is -0.178. The van der Waals surface area contributed by atoms with Crippen LogP contribution in [0.2, 0.25) is 0 Å². The molecular weight excluding hydrogens is 305 g/mol. The van der Waals surface area contributed by atoms with E-state index in [2.05, 4.69) is 28.2 Å². The zero-order chi connectivity index (χ0) is 13.7. The SMILES string of the molecule is CCCNC(Cc1ccc(F)c(Br)c1)C1CCCC1. The van der Waals surface area contributed by atoms with E-state index >= 15 is 0 Å². The summed E-state index contributed by atoms with van der Waals surface area (Å²) in [5.41, 5.74) is 1.22. The summed E-state index contributed by atoms with van der Waals surface area (Å²) in [4.78, 5) is 0. The molecule has 1 nitrogen and oxygen atoms in total. The lowest BCUT2D eigenvalue weighted by molar-refractivity contribution is 0.356. The number of hydrogen-bond acceptors (Lipinski definition) is 1. The monoisotopic (exact) mass is 327 g/mol. The van der Waals surface area contributed by atoms with Crippen molar-refractivity contribution in [3.63, 3.8) is 0 Å². The van der Waals surface area contributed by atoms with Gasteiger partial charge in [-0.2, -0.15) is 0 Å². The van der Waals surface area contributed by atoms with Crippen molar-refractivity contribution >= 4 is 15.9 Å². The summed E-state index contributed by atoms with van der Waals surface area (Å²) in [6.07, 6.45) is 7.57. The Morgan fingerprint density at radius 3 is 2.74 bits per heavy atom. The van der Waals surface area contributed by atoms with E-state index in [1.807, 2.05) is 12.1 Å². The molecule has 1 saturated carbocycles. The average molecular weight is 328 g/mol. The fraction of sp³-hybridized carbons (Fsp3) is 0.625. The molecule has 3 heteroatoms. The zero-order valence-corrected chi connectivity index (χ0v) is 13.2. The lowest BCUT2D eigenvalue weighted by Gasteiger charge is -2.25. The Balaban J connectivity index is 2.03. The molecule has 1 atom stereocenters. The first-order valence-electron chi connectivity index (χ1n) is 7.38. The van der Waals surface area contributed by atoms with Gasteiger partial charge in [0.1, 0.15) is 5.82 Å². The first-order valence-corrected chi connectivity index (χ1v) is 8.17. The number of halogens is 2. The zero-order valence-electron chi connectivity index (χ0n) is 11.6. The van der Waals surface area contributed by atoms with Crippen LogP contribution in [-0.2, 0) is 6.42 Å². The Labute approximate surface area is 124 Å². The van der Waals surface area contributed by atoms with Crippen LogP contribution in [0.3, 0.4) is 0 Å². The number of benzene rings is 1. The molecule has 0 amide bonds. The van der Waals surface area contributed by atoms with E-state index < -0.39 is 0 Å². The van der Waals surface area contributed by atoms with Gasteiger partial charge in [0.05, 0.1) is 4.47 Å². The van der Waals surface area contributed by atoms with Crippen LogP contribution in [0.25, 0.3) is 0 Å². The van der Waals surface area contributed by atoms with Crippen molar-refractivity contribution in [3.05, 3.63) is 34.1 Å². The number of rotatable bonds is 6. The first kappa shape index (κ1) is 15.0. The summed E-state index contributed by atoms with van der Waals surface area (Å²) >= 11 is 3.28. The largest absolute Gasteiger partial charge is 0.313 e. The Morgan fingerprint density at radius 2 is 2.11 bits per heavy atom. The van der Waals surface area contributed by atoms with Gasteiger partial charge in [-0.15, -0.1) is 0 Å². The second kappa shape index (κ2) is 7.39. The van der Waals surface area contributed by atoms with Gasteiger partial charge in [0.25, 0.3) is 0 Å². The molecule has 0 spiro atoms. The molecule has 1 fully saturated rings. The average Bonchev–Trinajstić information content (AvgIpc) is 2.92. The van der Waals surface area contributed by atoms with Gasteiger partial charge < -0.3 is 5.32 Å². The smallest absolute Gasteiger partial charge is 0.137 e. The lowest BCUT2D eigenvalue weighted by Crippen LogP contribution is -2.37. The molecule has 0 aromatic heterocycles. The van der Waals surface area contributed by atoms with E-state index in [0.717, 1.165) is 25.3 Å². The Kier molecular flexibility index (Phi) is 5.83. The van der Waals surface area contributed by atoms with Gasteiger partial charge in [-0.25, -0.2) is 4.39 Å². The molecule has 0 bridgehead atoms. The number of hydrogen-bond donors (Lipinski definition) is 1. The van der Waals surface area contributed by atoms with E-state index in [-0.39, 0.29) is 5.82 Å². The van der Waals surface area contributed by atoms with Crippen LogP contribution in [0.1, 0.15) is 44.6 Å². The summed E-state index contributed by atoms with van der Waals surface area (Å²) in [6.45, 7) is 3.27. The highest BCUT2D eigenvalue weighted by atomic mass is 79.9. The van der Waals surface area contributed by atoms with E-state index in [1.54, 1.807) is 6.07 Å². The molecule has 0 saturated heterocycles. The molecule has 0 radical (unpaired) electrons. The normalized spacial score (nSPS) is 17.8. The van der Waals surface area contributed by atoms with Gasteiger partial charge in [0.15, 0.2) is 0 Å². The molecule has 2 rings (SSSR count). The highest BCUT2D eigenvalue weighted by Gasteiger charge is 2.24. The van der Waals surface area contributed by atoms with Crippen molar-refractivity contribution in [1.82, 2.24) is 5.32 Å². The summed E-state index contributed by atoms with van der Waals surface area (Å²) in [7, 11) is 0. The van der Waals surface area contributed by atoms with Crippen molar-refractivity contribution < 1.29 is 4.39 Å². The fourth-order valence-electron chi connectivity index (χ4n) is 3.02. The molecule has 1 aromatic carbocycles. The Bertz CT molecular complexity index is 402. The van der Waals surface area contributed by atoms with E-state index in [4.69, 9.17) is 0 Å². The van der Waals surface area contributed by atoms with Crippen LogP contribution in [0.15, 0.2) is 22.7 Å². The van der Waals surface area contributed by atoms with Crippen molar-refractivity contribution in [3.8, 4) is 0 Å². The van der Waals surface area contributed by atoms with Crippen LogP contribution in [0.4, 0.5) is 4.39 Å². The van der Waals surface area contributed by atoms with Gasteiger partial charge >= 0.3 is 0 Å². The van der Waals surface area contributed by atoms with Crippen LogP contribution in [0, 0.1) is 11.7 Å². The molecule has 19 heavy (non-hydrogen) atoms. The minimum Gasteiger partial charge on any atom is -0.313 e. The molecule has 1 aliphatic carbocycles. The lowest BCUT2D eigenvalue weighted by atomic mass is 9.92. The van der Waals surface area contributed by atoms with Crippen LogP contribution < -0.4 is 5.32 Å². The highest BCUT2D eigenvalue weighted by molar-refractivity contribution is 9.10. The van der Waals surface area contributed by atoms with Crippen molar-refractivity contribution in [2.45, 2.75) is 51.5 Å². The van der Waals surface area contributed by atoms with Gasteiger partial charge in [0.2, 0.25) is 0 Å². The van der Waals surface area contributed by atoms with E-state index in [0.29, 0.717) is 10.5 Å². The van der Waals surface area contributed by atoms with Crippen molar-refractivity contribution in [2.24, 2.45) is 5.92 Å². The molecular formula is C16H23BrFN. The first-order chi connectivity index (χ1) is 9.20. The molecule has 1 aliphatic rings. The van der Waals surface area contributed by atoms with Crippen LogP contribution in [-0.4, -0.2) is 12.6 Å². The standard InChI is InChI=1S/C16H23BrFN/c1-2-9-19-16(13-5-3-4-6-13)11-12-7-8-15(18)14(17)10-12/h7-8,10,13,16,19H,2-6,9,11H2,1H3. The summed E-state index contributed by atoms with van der Waals surface area (Å²) in [5, 5.41) is 3.68. The second-order valence-corrected chi connectivity index (χ2v) is 6.41. The van der Waals surface area contributed by atoms with E-state index in [1.165, 1.54) is 31.2 Å². The fourth-order valence-corrected chi connectivity index (χ4v) is 3.44. The quantitative estimate of drug-likeness (QED) is 0.799. The van der Waals surface area contributed by atoms with Gasteiger partial charge in [0, 0.05) is 6.04 Å². The topological polar surface area (TPSA) is 12.0 Å². The summed E-state index contributed by atoms with van der Waals surface area (Å²) < 4.78 is 13.9. The third-order valence-corrected chi connectivity index (χ3v) is 4.67. The molecule has 106 valence electrons. The highest BCUT2D eigenvalue weighted by Crippen LogP contribution is 2.30. The third-order valence-electron chi connectivity index (χ3n) is 4.07. The number of nitrogens with one attached hydrogen (secondary N) is 1. The Morgan fingerprint density at radius 1 is 1.37 bits per heavy atom. The second-order valence-electron chi connectivity index (χ2n) is 5.56. The molecule has 1 N–H and O–H groups in total. The van der Waals surface area contributed by atoms with Gasteiger partial charge in [-0.05, 0) is 71.8 Å². The summed E-state index contributed by atoms with van der Waals surface area (Å²) in [6, 6.07) is 5.94. The Hall–Kier alpha value is -0.410. The van der Waals surface area contributed by atoms with Gasteiger partial charge in [-0.1, -0.05) is 25.8 Å². The molecule has 1 unspecified atom stereocenters. The maximum absolute atomic E-state index is 13.3. The third kappa shape index (κ3) is 4.28. The van der Waals surface area contributed by atoms with Crippen molar-refractivity contribution in [2.75, 3.05) is 6.54 Å². The molecule has 1 aromatic rings. The van der Waals surface area contributed by atoms with Crippen LogP contribution in [0.5, 0.6) is 0 Å². The predicted octanol–water partition coefficient (Wildman–Crippen LogP) is 4.69. The maximum Gasteiger partial charge on any atom is 0.137 e. The summed E-state index contributed by atoms with van der Waals surface area (Å²) in [5.74, 6) is 0.609. The van der Waals surface area contributed by atoms with E-state index in [9.17, 15) is 4.39 Å². The predicted molar refractivity (Wildman–Crippen MR) is 81.8 cm³/mol. The minimum absolute atomic E-state index is 0.178. The van der Waals surface area contributed by atoms with Crippen LogP contribution >= 0.6 is 15.9 Å². The van der Waals surface area contributed by atoms with Gasteiger partial charge in [-0.3, -0.25) is 0 Å². The van der Waals surface area contributed by atoms with Crippen molar-refractivity contribution in [1.29, 1.82) is 0 Å². The molecule has 0 aliphatic heterocycles. The molecule has 0 heterocycles. The maximum atomic E-state index is 13.3.